The van der Waals surface area contributed by atoms with Crippen LogP contribution in [0.4, 0.5) is 0 Å². The van der Waals surface area contributed by atoms with Crippen LogP contribution >= 0.6 is 0 Å². The smallest absolute Gasteiger partial charge is 0.331 e. The van der Waals surface area contributed by atoms with Crippen LogP contribution in [-0.2, 0) is 33.3 Å². The van der Waals surface area contributed by atoms with Crippen LogP contribution in [0.5, 0.6) is 5.75 Å². The minimum Gasteiger partial charge on any atom is -0.497 e. The molecule has 0 radical (unpaired) electrons. The summed E-state index contributed by atoms with van der Waals surface area (Å²) in [7, 11) is 1.68. The molecule has 6 aliphatic rings. The molecule has 5 fully saturated rings. The van der Waals surface area contributed by atoms with Crippen LogP contribution < -0.4 is 4.74 Å². The predicted octanol–water partition coefficient (Wildman–Crippen LogP) is 9.66. The zero-order valence-electron chi connectivity index (χ0n) is 33.0. The molecule has 54 heavy (non-hydrogen) atoms. The maximum Gasteiger partial charge on any atom is 0.331 e. The van der Waals surface area contributed by atoms with Gasteiger partial charge in [-0.1, -0.05) is 77.3 Å². The largest absolute Gasteiger partial charge is 0.497 e. The summed E-state index contributed by atoms with van der Waals surface area (Å²) in [6, 6.07) is 8.06. The number of methoxy groups -OCH3 is 1. The molecule has 298 valence electrons. The van der Waals surface area contributed by atoms with Crippen molar-refractivity contribution in [1.82, 2.24) is 0 Å². The quantitative estimate of drug-likeness (QED) is 0.123. The average molecular weight is 749 g/mol. The number of fused-ring (bicyclic) bond motifs is 4. The van der Waals surface area contributed by atoms with Crippen LogP contribution in [0, 0.1) is 34.5 Å². The summed E-state index contributed by atoms with van der Waals surface area (Å²) < 4.78 is 31.4. The van der Waals surface area contributed by atoms with Crippen LogP contribution in [0.1, 0.15) is 154 Å². The number of hydrogen-bond donors (Lipinski definition) is 1. The lowest BCUT2D eigenvalue weighted by atomic mass is 9.43. The maximum atomic E-state index is 13.0. The molecule has 9 nitrogen and oxygen atoms in total. The van der Waals surface area contributed by atoms with Crippen molar-refractivity contribution in [3.05, 3.63) is 41.5 Å². The Balaban J connectivity index is 0.937. The molecule has 1 unspecified atom stereocenters. The number of carbonyl (C=O) groups excluding carboxylic acids is 2. The van der Waals surface area contributed by atoms with Crippen molar-refractivity contribution in [2.24, 2.45) is 34.5 Å². The Morgan fingerprint density at radius 1 is 0.852 bits per heavy atom. The molecule has 4 saturated carbocycles. The van der Waals surface area contributed by atoms with Crippen molar-refractivity contribution < 1.29 is 43.2 Å². The highest BCUT2D eigenvalue weighted by Gasteiger charge is 2.74. The van der Waals surface area contributed by atoms with Gasteiger partial charge < -0.3 is 28.8 Å². The Hall–Kier alpha value is -2.91. The maximum absolute atomic E-state index is 13.0. The van der Waals surface area contributed by atoms with Crippen molar-refractivity contribution in [1.29, 1.82) is 0 Å². The molecule has 2 heterocycles. The highest BCUT2D eigenvalue weighted by molar-refractivity contribution is 5.85. The fraction of sp³-hybridized carbons (Fsp3) is 0.756. The molecule has 1 aromatic rings. The molecular formula is C45H64O9. The number of aliphatic carboxylic acids is 1. The molecule has 10 atom stereocenters. The molecule has 1 saturated heterocycles. The molecule has 0 aromatic heterocycles. The first-order valence-electron chi connectivity index (χ1n) is 21.3. The zero-order chi connectivity index (χ0) is 37.9. The molecule has 1 aromatic carbocycles. The van der Waals surface area contributed by atoms with Gasteiger partial charge in [0.1, 0.15) is 18.5 Å². The van der Waals surface area contributed by atoms with E-state index in [4.69, 9.17) is 28.8 Å². The third kappa shape index (κ3) is 7.74. The summed E-state index contributed by atoms with van der Waals surface area (Å²) in [6.45, 7) is 5.29. The Bertz CT molecular complexity index is 1520. The third-order valence-electron chi connectivity index (χ3n) is 15.2. The number of benzene rings is 1. The van der Waals surface area contributed by atoms with Crippen molar-refractivity contribution in [3.8, 4) is 5.75 Å². The highest BCUT2D eigenvalue weighted by atomic mass is 16.7. The minimum atomic E-state index is -0.696. The first-order valence-corrected chi connectivity index (χ1v) is 21.3. The number of ether oxygens (including phenoxy) is 5. The van der Waals surface area contributed by atoms with Crippen LogP contribution in [0.3, 0.4) is 0 Å². The number of cyclic esters (lactones) is 1. The minimum absolute atomic E-state index is 0.0144. The van der Waals surface area contributed by atoms with E-state index in [1.807, 2.05) is 12.1 Å². The van der Waals surface area contributed by atoms with Gasteiger partial charge in [0.25, 0.3) is 0 Å². The van der Waals surface area contributed by atoms with Crippen molar-refractivity contribution in [2.75, 3.05) is 13.7 Å². The number of hydrogen-bond acceptors (Lipinski definition) is 8. The Morgan fingerprint density at radius 3 is 2.19 bits per heavy atom. The molecular weight excluding hydrogens is 684 g/mol. The second-order valence-corrected chi connectivity index (χ2v) is 18.1. The van der Waals surface area contributed by atoms with Crippen molar-refractivity contribution >= 4 is 17.9 Å². The van der Waals surface area contributed by atoms with Crippen molar-refractivity contribution in [2.45, 2.75) is 166 Å². The van der Waals surface area contributed by atoms with Gasteiger partial charge in [-0.15, -0.1) is 0 Å². The average Bonchev–Trinajstić information content (AvgIpc) is 3.66. The van der Waals surface area contributed by atoms with Gasteiger partial charge in [-0.3, -0.25) is 9.59 Å². The number of esters is 2. The summed E-state index contributed by atoms with van der Waals surface area (Å²) in [5.41, 5.74) is 1.67. The van der Waals surface area contributed by atoms with E-state index in [1.165, 1.54) is 25.7 Å². The van der Waals surface area contributed by atoms with E-state index in [0.717, 1.165) is 107 Å². The lowest BCUT2D eigenvalue weighted by Crippen LogP contribution is -2.63. The topological polar surface area (TPSA) is 118 Å². The normalized spacial score (nSPS) is 36.7. The number of carbonyl (C=O) groups is 3. The molecule has 1 N–H and O–H groups in total. The van der Waals surface area contributed by atoms with Crippen LogP contribution in [0.2, 0.25) is 0 Å². The fourth-order valence-corrected chi connectivity index (χ4v) is 12.4. The van der Waals surface area contributed by atoms with E-state index in [0.29, 0.717) is 30.8 Å². The summed E-state index contributed by atoms with van der Waals surface area (Å²) >= 11 is 0. The SMILES string of the molecule is COc1ccc(C2O[C@H]3C[C@]4(O2)[C@@H]2CC[C@@H]5C[C@@H](OC(=O)CCCCCCCCCCCCC(=O)O)CC[C@]5(C)[C@H]2CC[C@]4(C)[C@H]3C2=CC(=O)OC2)cc1. The fourth-order valence-electron chi connectivity index (χ4n) is 12.4. The first kappa shape index (κ1) is 39.3. The molecule has 4 aliphatic carbocycles. The van der Waals surface area contributed by atoms with Gasteiger partial charge in [0.2, 0.25) is 0 Å². The van der Waals surface area contributed by atoms with E-state index in [2.05, 4.69) is 26.0 Å². The Labute approximate surface area is 322 Å². The predicted molar refractivity (Wildman–Crippen MR) is 203 cm³/mol. The van der Waals surface area contributed by atoms with Crippen LogP contribution in [0.25, 0.3) is 0 Å². The summed E-state index contributed by atoms with van der Waals surface area (Å²) in [5, 5.41) is 8.74. The van der Waals surface area contributed by atoms with Crippen LogP contribution in [-0.4, -0.2) is 54.5 Å². The lowest BCUT2D eigenvalue weighted by Gasteiger charge is -2.65. The van der Waals surface area contributed by atoms with E-state index in [1.54, 1.807) is 13.2 Å². The van der Waals surface area contributed by atoms with Gasteiger partial charge in [-0.25, -0.2) is 4.79 Å². The van der Waals surface area contributed by atoms with Crippen LogP contribution in [0.15, 0.2) is 35.9 Å². The molecule has 2 bridgehead atoms. The number of carboxylic acid groups (broad SMARTS) is 1. The van der Waals surface area contributed by atoms with Gasteiger partial charge in [-0.05, 0) is 98.7 Å². The summed E-state index contributed by atoms with van der Waals surface area (Å²) in [4.78, 5) is 36.0. The van der Waals surface area contributed by atoms with E-state index in [-0.39, 0.29) is 52.9 Å². The standard InChI is InChI=1S/C45H64O9/c1-43-24-22-34(52-39(48)15-13-11-9-7-5-4-6-8-10-12-14-38(46)47)27-32(43)18-21-36-35(43)23-25-44(2)41(31-26-40(49)51-29-31)37-28-45(36,44)54-42(53-37)30-16-19-33(50-3)20-17-30/h16-17,19-20,26,32,34-37,41-42H,4-15,18,21-25,27-29H2,1-3H3,(H,46,47)/t32-,34+,35+,36-,37+,41+,42?,43+,44-,45+/m1/s1. The molecule has 7 rings (SSSR count). The monoisotopic (exact) mass is 748 g/mol. The van der Waals surface area contributed by atoms with E-state index < -0.39 is 12.3 Å². The first-order chi connectivity index (χ1) is 26.1. The van der Waals surface area contributed by atoms with Gasteiger partial charge in [0.15, 0.2) is 6.29 Å². The second kappa shape index (κ2) is 16.7. The summed E-state index contributed by atoms with van der Waals surface area (Å²) in [5.74, 6) is 1.33. The number of carboxylic acids is 1. The second-order valence-electron chi connectivity index (χ2n) is 18.1. The third-order valence-corrected chi connectivity index (χ3v) is 15.2. The molecule has 9 heteroatoms. The molecule has 1 spiro atoms. The van der Waals surface area contributed by atoms with E-state index >= 15 is 0 Å². The van der Waals surface area contributed by atoms with Gasteiger partial charge in [-0.2, -0.15) is 0 Å². The van der Waals surface area contributed by atoms with Gasteiger partial charge in [0, 0.05) is 42.2 Å². The van der Waals surface area contributed by atoms with Gasteiger partial charge in [0.05, 0.1) is 18.8 Å². The molecule has 0 amide bonds. The number of rotatable bonds is 17. The van der Waals surface area contributed by atoms with Gasteiger partial charge >= 0.3 is 17.9 Å². The summed E-state index contributed by atoms with van der Waals surface area (Å²) in [6.07, 6.45) is 21.0. The molecule has 2 aliphatic heterocycles. The Morgan fingerprint density at radius 2 is 1.54 bits per heavy atom. The number of unbranched alkanes of at least 4 members (excludes halogenated alkanes) is 9. The zero-order valence-corrected chi connectivity index (χ0v) is 33.0. The highest BCUT2D eigenvalue weighted by Crippen LogP contribution is 2.73. The van der Waals surface area contributed by atoms with Crippen molar-refractivity contribution in [3.63, 3.8) is 0 Å². The lowest BCUT2D eigenvalue weighted by molar-refractivity contribution is -0.319. The van der Waals surface area contributed by atoms with E-state index in [9.17, 15) is 14.4 Å². The Kier molecular flexibility index (Phi) is 12.1.